The van der Waals surface area contributed by atoms with Crippen LogP contribution < -0.4 is 5.32 Å². The highest BCUT2D eigenvalue weighted by Gasteiger charge is 2.16. The van der Waals surface area contributed by atoms with E-state index in [1.807, 2.05) is 0 Å². The summed E-state index contributed by atoms with van der Waals surface area (Å²) in [4.78, 5) is 16.3. The number of hydrogen-bond acceptors (Lipinski definition) is 3. The first-order valence-electron chi connectivity index (χ1n) is 8.31. The van der Waals surface area contributed by atoms with Crippen LogP contribution in [0.1, 0.15) is 44.4 Å². The third-order valence-electron chi connectivity index (χ3n) is 4.29. The molecule has 2 aromatic rings. The fourth-order valence-electron chi connectivity index (χ4n) is 3.01. The van der Waals surface area contributed by atoms with Crippen LogP contribution in [-0.4, -0.2) is 16.9 Å². The Hall–Kier alpha value is -1.52. The lowest BCUT2D eigenvalue weighted by Gasteiger charge is -2.22. The highest BCUT2D eigenvalue weighted by molar-refractivity contribution is 6.36. The summed E-state index contributed by atoms with van der Waals surface area (Å²) in [6, 6.07) is 5.55. The summed E-state index contributed by atoms with van der Waals surface area (Å²) in [5.74, 6) is 1.18. The Morgan fingerprint density at radius 1 is 1.25 bits per heavy atom. The number of amides is 1. The number of carbonyl (C=O) groups excluding carboxylic acids is 1. The van der Waals surface area contributed by atoms with Crippen LogP contribution in [0.3, 0.4) is 0 Å². The van der Waals surface area contributed by atoms with Gasteiger partial charge in [0.1, 0.15) is 0 Å². The van der Waals surface area contributed by atoms with Crippen LogP contribution in [0, 0.1) is 0 Å². The number of halogens is 2. The Kier molecular flexibility index (Phi) is 5.80. The Balaban J connectivity index is 1.55. The first-order chi connectivity index (χ1) is 11.6. The maximum absolute atomic E-state index is 12.0. The molecule has 0 aliphatic heterocycles. The molecule has 0 saturated heterocycles. The molecular formula is C18H20Cl2N2O2. The van der Waals surface area contributed by atoms with Crippen molar-refractivity contribution in [2.24, 2.45) is 0 Å². The van der Waals surface area contributed by atoms with Crippen LogP contribution in [0.25, 0.3) is 11.3 Å². The largest absolute Gasteiger partial charge is 0.441 e. The summed E-state index contributed by atoms with van der Waals surface area (Å²) >= 11 is 12.1. The molecule has 1 fully saturated rings. The van der Waals surface area contributed by atoms with E-state index in [0.717, 1.165) is 18.4 Å². The topological polar surface area (TPSA) is 55.1 Å². The zero-order chi connectivity index (χ0) is 16.9. The Bertz CT molecular complexity index is 709. The van der Waals surface area contributed by atoms with Gasteiger partial charge in [-0.05, 0) is 31.0 Å². The summed E-state index contributed by atoms with van der Waals surface area (Å²) in [7, 11) is 0. The van der Waals surface area contributed by atoms with Crippen molar-refractivity contribution in [3.05, 3.63) is 40.3 Å². The molecule has 0 bridgehead atoms. The summed E-state index contributed by atoms with van der Waals surface area (Å²) in [5, 5.41) is 4.18. The van der Waals surface area contributed by atoms with Gasteiger partial charge < -0.3 is 9.73 Å². The fraction of sp³-hybridized carbons (Fsp3) is 0.444. The Morgan fingerprint density at radius 3 is 2.79 bits per heavy atom. The number of oxazole rings is 1. The van der Waals surface area contributed by atoms with E-state index in [-0.39, 0.29) is 5.91 Å². The second-order valence-corrected chi connectivity index (χ2v) is 6.99. The zero-order valence-electron chi connectivity index (χ0n) is 13.4. The number of aromatic nitrogens is 1. The van der Waals surface area contributed by atoms with E-state index in [2.05, 4.69) is 10.3 Å². The van der Waals surface area contributed by atoms with Gasteiger partial charge >= 0.3 is 0 Å². The standard InChI is InChI=1S/C18H20Cl2N2O2/c19-12-6-7-14(15(20)10-12)16-11-21-18(24-16)9-8-17(23)22-13-4-2-1-3-5-13/h6-7,10-11,13H,1-5,8-9H2,(H,22,23). The number of benzene rings is 1. The molecule has 1 aliphatic rings. The molecule has 4 nitrogen and oxygen atoms in total. The minimum atomic E-state index is 0.0613. The predicted molar refractivity (Wildman–Crippen MR) is 95.3 cm³/mol. The molecule has 0 unspecified atom stereocenters. The molecule has 128 valence electrons. The highest BCUT2D eigenvalue weighted by atomic mass is 35.5. The van der Waals surface area contributed by atoms with E-state index in [4.69, 9.17) is 27.6 Å². The van der Waals surface area contributed by atoms with Crippen LogP contribution in [0.2, 0.25) is 10.0 Å². The minimum absolute atomic E-state index is 0.0613. The van der Waals surface area contributed by atoms with Gasteiger partial charge in [-0.3, -0.25) is 4.79 Å². The van der Waals surface area contributed by atoms with E-state index >= 15 is 0 Å². The van der Waals surface area contributed by atoms with Crippen molar-refractivity contribution in [3.8, 4) is 11.3 Å². The van der Waals surface area contributed by atoms with Gasteiger partial charge in [0, 0.05) is 29.5 Å². The van der Waals surface area contributed by atoms with Crippen LogP contribution in [0.15, 0.2) is 28.8 Å². The highest BCUT2D eigenvalue weighted by Crippen LogP contribution is 2.30. The second kappa shape index (κ2) is 8.04. The predicted octanol–water partition coefficient (Wildman–Crippen LogP) is 5.03. The lowest BCUT2D eigenvalue weighted by atomic mass is 9.95. The van der Waals surface area contributed by atoms with Gasteiger partial charge in [-0.15, -0.1) is 0 Å². The number of carbonyl (C=O) groups is 1. The van der Waals surface area contributed by atoms with E-state index in [1.165, 1.54) is 19.3 Å². The summed E-state index contributed by atoms with van der Waals surface area (Å²) in [6.07, 6.45) is 8.34. The molecule has 1 amide bonds. The average molecular weight is 367 g/mol. The molecule has 0 atom stereocenters. The monoisotopic (exact) mass is 366 g/mol. The molecule has 1 aromatic heterocycles. The van der Waals surface area contributed by atoms with Gasteiger partial charge in [0.05, 0.1) is 11.2 Å². The second-order valence-electron chi connectivity index (χ2n) is 6.14. The molecular weight excluding hydrogens is 347 g/mol. The maximum Gasteiger partial charge on any atom is 0.220 e. The molecule has 6 heteroatoms. The van der Waals surface area contributed by atoms with Gasteiger partial charge in [-0.25, -0.2) is 4.98 Å². The van der Waals surface area contributed by atoms with Crippen molar-refractivity contribution in [1.82, 2.24) is 10.3 Å². The van der Waals surface area contributed by atoms with Gasteiger partial charge in [0.25, 0.3) is 0 Å². The van der Waals surface area contributed by atoms with Crippen molar-refractivity contribution in [2.45, 2.75) is 51.0 Å². The Labute approximate surface area is 151 Å². The summed E-state index contributed by atoms with van der Waals surface area (Å²) in [5.41, 5.74) is 0.742. The molecule has 1 aromatic carbocycles. The molecule has 1 N–H and O–H groups in total. The maximum atomic E-state index is 12.0. The summed E-state index contributed by atoms with van der Waals surface area (Å²) < 4.78 is 5.71. The average Bonchev–Trinajstić information content (AvgIpc) is 3.02. The number of aryl methyl sites for hydroxylation is 1. The molecule has 1 aliphatic carbocycles. The number of hydrogen-bond donors (Lipinski definition) is 1. The van der Waals surface area contributed by atoms with Crippen molar-refractivity contribution >= 4 is 29.1 Å². The smallest absolute Gasteiger partial charge is 0.220 e. The van der Waals surface area contributed by atoms with Crippen molar-refractivity contribution < 1.29 is 9.21 Å². The molecule has 0 spiro atoms. The summed E-state index contributed by atoms with van der Waals surface area (Å²) in [6.45, 7) is 0. The molecule has 1 saturated carbocycles. The van der Waals surface area contributed by atoms with E-state index < -0.39 is 0 Å². The first-order valence-corrected chi connectivity index (χ1v) is 9.07. The quantitative estimate of drug-likeness (QED) is 0.806. The zero-order valence-corrected chi connectivity index (χ0v) is 14.9. The number of rotatable bonds is 5. The number of nitrogens with one attached hydrogen (secondary N) is 1. The third kappa shape index (κ3) is 4.52. The van der Waals surface area contributed by atoms with Gasteiger partial charge in [0.2, 0.25) is 5.91 Å². The minimum Gasteiger partial charge on any atom is -0.441 e. The molecule has 1 heterocycles. The first kappa shape index (κ1) is 17.3. The van der Waals surface area contributed by atoms with Crippen LogP contribution in [0.5, 0.6) is 0 Å². The van der Waals surface area contributed by atoms with E-state index in [0.29, 0.717) is 40.6 Å². The van der Waals surface area contributed by atoms with Crippen LogP contribution in [-0.2, 0) is 11.2 Å². The molecule has 3 rings (SSSR count). The van der Waals surface area contributed by atoms with Crippen molar-refractivity contribution in [2.75, 3.05) is 0 Å². The van der Waals surface area contributed by atoms with Gasteiger partial charge in [-0.2, -0.15) is 0 Å². The van der Waals surface area contributed by atoms with E-state index in [9.17, 15) is 4.79 Å². The lowest BCUT2D eigenvalue weighted by Crippen LogP contribution is -2.36. The fourth-order valence-corrected chi connectivity index (χ4v) is 3.51. The van der Waals surface area contributed by atoms with Crippen molar-refractivity contribution in [1.29, 1.82) is 0 Å². The normalized spacial score (nSPS) is 15.4. The SMILES string of the molecule is O=C(CCc1ncc(-c2ccc(Cl)cc2Cl)o1)NC1CCCCC1. The Morgan fingerprint density at radius 2 is 2.04 bits per heavy atom. The lowest BCUT2D eigenvalue weighted by molar-refractivity contribution is -0.122. The van der Waals surface area contributed by atoms with Gasteiger partial charge in [0.15, 0.2) is 11.7 Å². The van der Waals surface area contributed by atoms with Gasteiger partial charge in [-0.1, -0.05) is 42.5 Å². The van der Waals surface area contributed by atoms with E-state index in [1.54, 1.807) is 24.4 Å². The molecule has 0 radical (unpaired) electrons. The van der Waals surface area contributed by atoms with Crippen LogP contribution in [0.4, 0.5) is 0 Å². The van der Waals surface area contributed by atoms with Crippen LogP contribution >= 0.6 is 23.2 Å². The number of nitrogens with zero attached hydrogens (tertiary/aromatic N) is 1. The third-order valence-corrected chi connectivity index (χ3v) is 4.83. The van der Waals surface area contributed by atoms with Crippen molar-refractivity contribution in [3.63, 3.8) is 0 Å². The molecule has 24 heavy (non-hydrogen) atoms.